The van der Waals surface area contributed by atoms with E-state index in [1.807, 2.05) is 0 Å². The third kappa shape index (κ3) is 20.3. The Morgan fingerprint density at radius 3 is 1.80 bits per heavy atom. The van der Waals surface area contributed by atoms with Crippen molar-refractivity contribution >= 4 is 77.7 Å². The second-order valence-corrected chi connectivity index (χ2v) is 15.6. The van der Waals surface area contributed by atoms with Crippen LogP contribution in [0.2, 0.25) is 0 Å². The number of nitrogens with one attached hydrogen (secondary N) is 8. The number of rotatable bonds is 29. The number of carbonyl (C=O) groups excluding carboxylic acids is 7. The number of thiol groups is 1. The average Bonchev–Trinajstić information content (AvgIpc) is 3.72. The molecule has 8 atom stereocenters. The molecule has 0 aliphatic rings. The number of H-pyrrole nitrogens is 1. The summed E-state index contributed by atoms with van der Waals surface area (Å²) in [6.07, 6.45) is 4.50. The predicted octanol–water partition coefficient (Wildman–Crippen LogP) is -5.46. The molecule has 0 saturated carbocycles. The first-order valence-corrected chi connectivity index (χ1v) is 21.3. The maximum absolute atomic E-state index is 14.0. The summed E-state index contributed by atoms with van der Waals surface area (Å²) in [5.74, 6) is -7.57. The van der Waals surface area contributed by atoms with Crippen molar-refractivity contribution < 1.29 is 53.7 Å². The number of hydrogen-bond acceptors (Lipinski definition) is 15. The van der Waals surface area contributed by atoms with Gasteiger partial charge in [0, 0.05) is 30.6 Å². The van der Waals surface area contributed by atoms with Crippen molar-refractivity contribution in [2.75, 3.05) is 37.5 Å². The molecule has 61 heavy (non-hydrogen) atoms. The Bertz CT molecular complexity index is 1630. The molecule has 0 aromatic carbocycles. The number of amides is 7. The lowest BCUT2D eigenvalue weighted by Gasteiger charge is -2.27. The Balaban J connectivity index is 3.38. The number of aliphatic hydroxyl groups is 2. The van der Waals surface area contributed by atoms with Crippen LogP contribution in [0.4, 0.5) is 0 Å². The molecule has 0 fully saturated rings. The molecule has 1 aromatic heterocycles. The van der Waals surface area contributed by atoms with Gasteiger partial charge in [-0.05, 0) is 50.5 Å². The molecule has 24 nitrogen and oxygen atoms in total. The molecular weight excluding hydrogens is 843 g/mol. The van der Waals surface area contributed by atoms with Crippen molar-refractivity contribution in [3.63, 3.8) is 0 Å². The zero-order valence-corrected chi connectivity index (χ0v) is 36.2. The lowest BCUT2D eigenvalue weighted by Crippen LogP contribution is -2.61. The Hall–Kier alpha value is -5.18. The number of thioether (sulfide) groups is 1. The van der Waals surface area contributed by atoms with E-state index >= 15 is 0 Å². The number of carboxylic acids is 1. The lowest BCUT2D eigenvalue weighted by atomic mass is 10.0. The van der Waals surface area contributed by atoms with E-state index in [2.05, 4.69) is 64.8 Å². The first-order valence-electron chi connectivity index (χ1n) is 19.2. The van der Waals surface area contributed by atoms with Crippen molar-refractivity contribution in [1.29, 1.82) is 0 Å². The Labute approximate surface area is 362 Å². The highest BCUT2D eigenvalue weighted by atomic mass is 32.2. The molecule has 26 heteroatoms. The number of aliphatic hydroxyl groups excluding tert-OH is 2. The number of imidazole rings is 1. The zero-order valence-electron chi connectivity index (χ0n) is 34.5. The highest BCUT2D eigenvalue weighted by Crippen LogP contribution is 2.09. The number of aliphatic imine (C=N–C) groups is 1. The minimum atomic E-state index is -1.65. The molecule has 1 rings (SSSR count). The molecule has 1 heterocycles. The van der Waals surface area contributed by atoms with Crippen LogP contribution in [-0.2, 0) is 44.8 Å². The van der Waals surface area contributed by atoms with E-state index in [0.29, 0.717) is 11.4 Å². The van der Waals surface area contributed by atoms with Gasteiger partial charge in [-0.25, -0.2) is 9.78 Å². The minimum Gasteiger partial charge on any atom is -0.480 e. The SMILES string of the molecule is CSCC[C@H](NC(=O)[C@H](C)NC(=O)[C@@H](N)CO)C(=O)N[C@@H](CCCN=C(N)N)C(=O)N[C@@H](Cc1cnc[nH]1)C(=O)N[C@@H](CO)C(=O)N[C@@H](CC(C)C)C(=O)N[C@@H](CS)C(=O)O. The average molecular weight is 904 g/mol. The van der Waals surface area contributed by atoms with Crippen LogP contribution in [-0.4, -0.2) is 164 Å². The predicted molar refractivity (Wildman–Crippen MR) is 227 cm³/mol. The van der Waals surface area contributed by atoms with Crippen LogP contribution in [0.3, 0.4) is 0 Å². The van der Waals surface area contributed by atoms with Crippen molar-refractivity contribution in [2.24, 2.45) is 28.1 Å². The smallest absolute Gasteiger partial charge is 0.327 e. The summed E-state index contributed by atoms with van der Waals surface area (Å²) in [6, 6.07) is -10.8. The van der Waals surface area contributed by atoms with Crippen LogP contribution < -0.4 is 54.4 Å². The minimum absolute atomic E-state index is 0.0502. The molecule has 0 saturated heterocycles. The van der Waals surface area contributed by atoms with Gasteiger partial charge >= 0.3 is 5.97 Å². The number of nitrogens with zero attached hydrogens (tertiary/aromatic N) is 2. The largest absolute Gasteiger partial charge is 0.480 e. The Morgan fingerprint density at radius 2 is 1.28 bits per heavy atom. The van der Waals surface area contributed by atoms with Gasteiger partial charge in [0.1, 0.15) is 48.3 Å². The number of carbonyl (C=O) groups is 8. The Kier molecular flexibility index (Phi) is 25.0. The molecule has 17 N–H and O–H groups in total. The highest BCUT2D eigenvalue weighted by Gasteiger charge is 2.34. The summed E-state index contributed by atoms with van der Waals surface area (Å²) >= 11 is 5.31. The quantitative estimate of drug-likeness (QED) is 0.0154. The second kappa shape index (κ2) is 28.4. The third-order valence-electron chi connectivity index (χ3n) is 8.67. The fourth-order valence-corrected chi connectivity index (χ4v) is 6.03. The van der Waals surface area contributed by atoms with Crippen LogP contribution >= 0.6 is 24.4 Å². The number of carboxylic acid groups (broad SMARTS) is 1. The Morgan fingerprint density at radius 1 is 0.754 bits per heavy atom. The number of aromatic nitrogens is 2. The van der Waals surface area contributed by atoms with E-state index in [-0.39, 0.29) is 56.3 Å². The maximum Gasteiger partial charge on any atom is 0.327 e. The summed E-state index contributed by atoms with van der Waals surface area (Å²) in [4.78, 5) is 115. The van der Waals surface area contributed by atoms with Crippen LogP contribution in [0, 0.1) is 5.92 Å². The van der Waals surface area contributed by atoms with Crippen LogP contribution in [0.25, 0.3) is 0 Å². The molecular formula is C35H61N13O11S2. The summed E-state index contributed by atoms with van der Waals surface area (Å²) in [6.45, 7) is 3.29. The van der Waals surface area contributed by atoms with Crippen LogP contribution in [0.5, 0.6) is 0 Å². The fraction of sp³-hybridized carbons (Fsp3) is 0.657. The third-order valence-corrected chi connectivity index (χ3v) is 9.68. The van der Waals surface area contributed by atoms with Gasteiger partial charge in [-0.2, -0.15) is 24.4 Å². The monoisotopic (exact) mass is 903 g/mol. The first-order chi connectivity index (χ1) is 28.8. The molecule has 0 unspecified atom stereocenters. The van der Waals surface area contributed by atoms with Gasteiger partial charge in [-0.3, -0.25) is 38.6 Å². The van der Waals surface area contributed by atoms with Crippen LogP contribution in [0.15, 0.2) is 17.5 Å². The van der Waals surface area contributed by atoms with Gasteiger partial charge in [-0.15, -0.1) is 0 Å². The van der Waals surface area contributed by atoms with Crippen molar-refractivity contribution in [2.45, 2.75) is 101 Å². The van der Waals surface area contributed by atoms with Crippen molar-refractivity contribution in [3.05, 3.63) is 18.2 Å². The topological polar surface area (TPSA) is 401 Å². The van der Waals surface area contributed by atoms with Gasteiger partial charge < -0.3 is 74.7 Å². The molecule has 7 amide bonds. The summed E-state index contributed by atoms with van der Waals surface area (Å²) < 4.78 is 0. The van der Waals surface area contributed by atoms with E-state index in [9.17, 15) is 48.6 Å². The van der Waals surface area contributed by atoms with Gasteiger partial charge in [0.05, 0.1) is 19.5 Å². The molecule has 0 aliphatic carbocycles. The summed E-state index contributed by atoms with van der Waals surface area (Å²) in [5.41, 5.74) is 16.8. The number of guanidine groups is 1. The van der Waals surface area contributed by atoms with Crippen molar-refractivity contribution in [1.82, 2.24) is 47.2 Å². The molecule has 0 bridgehead atoms. The van der Waals surface area contributed by atoms with Gasteiger partial charge in [0.15, 0.2) is 5.96 Å². The number of hydrogen-bond donors (Lipinski definition) is 15. The van der Waals surface area contributed by atoms with E-state index < -0.39 is 109 Å². The molecule has 0 spiro atoms. The number of aromatic amines is 1. The van der Waals surface area contributed by atoms with Gasteiger partial charge in [-0.1, -0.05) is 13.8 Å². The van der Waals surface area contributed by atoms with E-state index in [1.165, 1.54) is 31.2 Å². The maximum atomic E-state index is 14.0. The number of aliphatic carboxylic acids is 1. The van der Waals surface area contributed by atoms with E-state index in [4.69, 9.17) is 22.3 Å². The van der Waals surface area contributed by atoms with E-state index in [1.54, 1.807) is 20.1 Å². The van der Waals surface area contributed by atoms with Gasteiger partial charge in [0.25, 0.3) is 0 Å². The molecule has 344 valence electrons. The normalized spacial score (nSPS) is 15.0. The summed E-state index contributed by atoms with van der Waals surface area (Å²) in [7, 11) is 0. The number of nitrogens with two attached hydrogens (primary N) is 3. The van der Waals surface area contributed by atoms with Gasteiger partial charge in [0.2, 0.25) is 41.4 Å². The highest BCUT2D eigenvalue weighted by molar-refractivity contribution is 7.98. The molecule has 0 radical (unpaired) electrons. The molecule has 0 aliphatic heterocycles. The van der Waals surface area contributed by atoms with Crippen LogP contribution in [0.1, 0.15) is 52.1 Å². The molecule has 1 aromatic rings. The lowest BCUT2D eigenvalue weighted by molar-refractivity contribution is -0.141. The zero-order chi connectivity index (χ0) is 46.2. The summed E-state index contributed by atoms with van der Waals surface area (Å²) in [5, 5.41) is 45.9. The van der Waals surface area contributed by atoms with Crippen molar-refractivity contribution in [3.8, 4) is 0 Å². The van der Waals surface area contributed by atoms with E-state index in [0.717, 1.165) is 0 Å². The second-order valence-electron chi connectivity index (χ2n) is 14.2. The first kappa shape index (κ1) is 53.8. The standard InChI is InChI=1S/C35H61N13O11S2/c1-17(2)10-23(31(55)48-26(15-60)34(58)59)45-33(57)25(14-50)47-32(56)24(11-19-12-39-16-41-19)46-29(53)21(6-5-8-40-35(37)38)44-30(54)22(7-9-61-4)43-27(51)18(3)42-28(52)20(36)13-49/h12,16-18,20-26,49-50,60H,5-11,13-15,36H2,1-4H3,(H,39,41)(H,42,52)(H,43,51)(H,44,54)(H,45,57)(H,46,53)(H,47,56)(H,48,55)(H,58,59)(H4,37,38,40)/t18-,20-,21-,22-,23-,24-,25-,26-/m0/s1. The fourth-order valence-electron chi connectivity index (χ4n) is 5.31.